The minimum Gasteiger partial charge on any atom is -0.328 e. The summed E-state index contributed by atoms with van der Waals surface area (Å²) in [6.45, 7) is 1.38. The molecule has 126 valence electrons. The number of benzene rings is 1. The molecule has 0 saturated heterocycles. The summed E-state index contributed by atoms with van der Waals surface area (Å²) in [4.78, 5) is 30.2. The molecule has 25 heavy (non-hydrogen) atoms. The number of para-hydroxylation sites is 1. The van der Waals surface area contributed by atoms with Crippen molar-refractivity contribution in [3.63, 3.8) is 0 Å². The average Bonchev–Trinajstić information content (AvgIpc) is 3.31. The van der Waals surface area contributed by atoms with Gasteiger partial charge in [0.2, 0.25) is 5.82 Å². The number of fused-ring (bicyclic) bond motifs is 1. The zero-order chi connectivity index (χ0) is 17.2. The smallest absolute Gasteiger partial charge is 0.291 e. The Hall–Kier alpha value is -3.49. The Kier molecular flexibility index (Phi) is 3.73. The van der Waals surface area contributed by atoms with Crippen molar-refractivity contribution in [2.75, 3.05) is 11.9 Å². The fourth-order valence-electron chi connectivity index (χ4n) is 2.73. The third-order valence-corrected chi connectivity index (χ3v) is 3.97. The molecule has 0 unspecified atom stereocenters. The second-order valence-electron chi connectivity index (χ2n) is 5.62. The molecule has 2 aromatic heterocycles. The van der Waals surface area contributed by atoms with Crippen molar-refractivity contribution >= 4 is 17.5 Å². The Balaban J connectivity index is 1.49. The van der Waals surface area contributed by atoms with E-state index in [9.17, 15) is 9.59 Å². The predicted octanol–water partition coefficient (Wildman–Crippen LogP) is 0.909. The molecule has 3 aromatic rings. The number of rotatable bonds is 3. The second-order valence-corrected chi connectivity index (χ2v) is 5.62. The number of H-pyrrole nitrogens is 1. The van der Waals surface area contributed by atoms with Gasteiger partial charge in [0, 0.05) is 12.2 Å². The molecular formula is C16H15N7O2. The van der Waals surface area contributed by atoms with Gasteiger partial charge in [0.1, 0.15) is 6.33 Å². The third kappa shape index (κ3) is 2.99. The molecule has 1 aliphatic heterocycles. The van der Waals surface area contributed by atoms with E-state index in [1.165, 1.54) is 6.33 Å². The molecule has 0 aliphatic carbocycles. The van der Waals surface area contributed by atoms with Gasteiger partial charge >= 0.3 is 0 Å². The number of aromatic amines is 1. The summed E-state index contributed by atoms with van der Waals surface area (Å²) < 4.78 is 1.75. The second kappa shape index (κ2) is 6.19. The van der Waals surface area contributed by atoms with Crippen molar-refractivity contribution in [2.24, 2.45) is 0 Å². The molecule has 0 fully saturated rings. The van der Waals surface area contributed by atoms with Crippen LogP contribution in [0.2, 0.25) is 0 Å². The maximum atomic E-state index is 12.3. The van der Waals surface area contributed by atoms with Gasteiger partial charge in [-0.25, -0.2) is 4.98 Å². The maximum absolute atomic E-state index is 12.3. The van der Waals surface area contributed by atoms with Crippen molar-refractivity contribution < 1.29 is 9.59 Å². The highest BCUT2D eigenvalue weighted by Crippen LogP contribution is 2.16. The third-order valence-electron chi connectivity index (χ3n) is 3.97. The lowest BCUT2D eigenvalue weighted by Crippen LogP contribution is -2.38. The van der Waals surface area contributed by atoms with Gasteiger partial charge in [-0.1, -0.05) is 18.2 Å². The monoisotopic (exact) mass is 337 g/mol. The first-order chi connectivity index (χ1) is 12.2. The largest absolute Gasteiger partial charge is 0.328 e. The molecule has 2 amide bonds. The molecule has 1 aromatic carbocycles. The van der Waals surface area contributed by atoms with Gasteiger partial charge in [0.25, 0.3) is 11.8 Å². The van der Waals surface area contributed by atoms with Crippen LogP contribution in [-0.2, 0) is 13.1 Å². The minimum atomic E-state index is -0.277. The molecular weight excluding hydrogens is 322 g/mol. The molecule has 9 heteroatoms. The minimum absolute atomic E-state index is 0.204. The Morgan fingerprint density at radius 3 is 2.76 bits per heavy atom. The van der Waals surface area contributed by atoms with E-state index in [0.29, 0.717) is 31.0 Å². The average molecular weight is 337 g/mol. The highest BCUT2D eigenvalue weighted by molar-refractivity contribution is 6.02. The Morgan fingerprint density at radius 2 is 2.00 bits per heavy atom. The van der Waals surface area contributed by atoms with Crippen molar-refractivity contribution in [1.29, 1.82) is 0 Å². The molecule has 9 nitrogen and oxygen atoms in total. The number of anilines is 1. The number of amides is 2. The van der Waals surface area contributed by atoms with Crippen LogP contribution in [0.4, 0.5) is 5.69 Å². The van der Waals surface area contributed by atoms with Crippen molar-refractivity contribution in [3.05, 3.63) is 59.9 Å². The standard InChI is InChI=1S/C16H15N7O2/c24-15(19-11-4-2-1-3-5-11)13-8-12-9-22(6-7-23(12)21-13)16(25)14-17-10-18-20-14/h1-5,8,10H,6-7,9H2,(H,19,24)(H,17,18,20). The highest BCUT2D eigenvalue weighted by atomic mass is 16.2. The van der Waals surface area contributed by atoms with Crippen molar-refractivity contribution in [3.8, 4) is 0 Å². The zero-order valence-electron chi connectivity index (χ0n) is 13.2. The van der Waals surface area contributed by atoms with E-state index >= 15 is 0 Å². The van der Waals surface area contributed by atoms with Gasteiger partial charge < -0.3 is 10.2 Å². The summed E-state index contributed by atoms with van der Waals surface area (Å²) in [7, 11) is 0. The number of carbonyl (C=O) groups is 2. The molecule has 3 heterocycles. The molecule has 0 atom stereocenters. The summed E-state index contributed by atoms with van der Waals surface area (Å²) in [6, 6.07) is 10.9. The lowest BCUT2D eigenvalue weighted by Gasteiger charge is -2.26. The van der Waals surface area contributed by atoms with Gasteiger partial charge in [-0.05, 0) is 18.2 Å². The lowest BCUT2D eigenvalue weighted by atomic mass is 10.2. The van der Waals surface area contributed by atoms with E-state index in [2.05, 4.69) is 25.6 Å². The molecule has 4 rings (SSSR count). The van der Waals surface area contributed by atoms with Crippen LogP contribution in [0.25, 0.3) is 0 Å². The Labute approximate surface area is 142 Å². The van der Waals surface area contributed by atoms with Crippen LogP contribution in [-0.4, -0.2) is 48.2 Å². The predicted molar refractivity (Wildman–Crippen MR) is 87.7 cm³/mol. The van der Waals surface area contributed by atoms with Gasteiger partial charge in [-0.3, -0.25) is 19.4 Å². The van der Waals surface area contributed by atoms with Crippen LogP contribution in [0.5, 0.6) is 0 Å². The summed E-state index contributed by atoms with van der Waals surface area (Å²) in [5.41, 5.74) is 1.84. The Bertz CT molecular complexity index is 902. The molecule has 0 saturated carbocycles. The first-order valence-electron chi connectivity index (χ1n) is 7.78. The number of hydrogen-bond donors (Lipinski definition) is 2. The number of carbonyl (C=O) groups excluding carboxylic acids is 2. The number of hydrogen-bond acceptors (Lipinski definition) is 5. The van der Waals surface area contributed by atoms with Crippen LogP contribution in [0.3, 0.4) is 0 Å². The highest BCUT2D eigenvalue weighted by Gasteiger charge is 2.26. The first-order valence-corrected chi connectivity index (χ1v) is 7.78. The van der Waals surface area contributed by atoms with Gasteiger partial charge in [-0.15, -0.1) is 0 Å². The maximum Gasteiger partial charge on any atom is 0.291 e. The van der Waals surface area contributed by atoms with E-state index < -0.39 is 0 Å². The van der Waals surface area contributed by atoms with Crippen molar-refractivity contribution in [2.45, 2.75) is 13.1 Å². The topological polar surface area (TPSA) is 109 Å². The van der Waals surface area contributed by atoms with Gasteiger partial charge in [0.05, 0.1) is 18.8 Å². The van der Waals surface area contributed by atoms with Crippen LogP contribution < -0.4 is 5.32 Å². The zero-order valence-corrected chi connectivity index (χ0v) is 13.2. The summed E-state index contributed by atoms with van der Waals surface area (Å²) >= 11 is 0. The SMILES string of the molecule is O=C(Nc1ccccc1)c1cc2n(n1)CCN(C(=O)c1ncn[nH]1)C2. The fourth-order valence-corrected chi connectivity index (χ4v) is 2.73. The van der Waals surface area contributed by atoms with E-state index in [-0.39, 0.29) is 17.6 Å². The van der Waals surface area contributed by atoms with E-state index in [1.54, 1.807) is 15.6 Å². The van der Waals surface area contributed by atoms with Crippen LogP contribution in [0.1, 0.15) is 26.8 Å². The van der Waals surface area contributed by atoms with Crippen LogP contribution >= 0.6 is 0 Å². The summed E-state index contributed by atoms with van der Waals surface area (Å²) in [5, 5.41) is 13.4. The fraction of sp³-hybridized carbons (Fsp3) is 0.188. The summed E-state index contributed by atoms with van der Waals surface area (Å²) in [6.07, 6.45) is 1.30. The molecule has 0 spiro atoms. The molecule has 0 bridgehead atoms. The van der Waals surface area contributed by atoms with E-state index in [1.807, 2.05) is 30.3 Å². The van der Waals surface area contributed by atoms with E-state index in [0.717, 1.165) is 5.69 Å². The summed E-state index contributed by atoms with van der Waals surface area (Å²) in [5.74, 6) is -0.295. The molecule has 0 radical (unpaired) electrons. The van der Waals surface area contributed by atoms with Gasteiger partial charge in [-0.2, -0.15) is 10.2 Å². The van der Waals surface area contributed by atoms with Crippen LogP contribution in [0.15, 0.2) is 42.7 Å². The Morgan fingerprint density at radius 1 is 1.16 bits per heavy atom. The lowest BCUT2D eigenvalue weighted by molar-refractivity contribution is 0.0693. The number of nitrogens with one attached hydrogen (secondary N) is 2. The first kappa shape index (κ1) is 15.1. The number of nitrogens with zero attached hydrogens (tertiary/aromatic N) is 5. The normalized spacial score (nSPS) is 13.4. The molecule has 1 aliphatic rings. The van der Waals surface area contributed by atoms with Gasteiger partial charge in [0.15, 0.2) is 5.69 Å². The molecule has 2 N–H and O–H groups in total. The van der Waals surface area contributed by atoms with Crippen LogP contribution in [0, 0.1) is 0 Å². The quantitative estimate of drug-likeness (QED) is 0.738. The number of aromatic nitrogens is 5. The van der Waals surface area contributed by atoms with Crippen molar-refractivity contribution in [1.82, 2.24) is 29.9 Å². The van der Waals surface area contributed by atoms with E-state index in [4.69, 9.17) is 0 Å².